The summed E-state index contributed by atoms with van der Waals surface area (Å²) in [6.45, 7) is 0. The maximum Gasteiger partial charge on any atom is 0.278 e. The molecular weight excluding hydrogens is 470 g/mol. The van der Waals surface area contributed by atoms with Gasteiger partial charge in [-0.15, -0.1) is 0 Å². The predicted molar refractivity (Wildman–Crippen MR) is 115 cm³/mol. The van der Waals surface area contributed by atoms with Crippen molar-refractivity contribution >= 4 is 49.7 Å². The Bertz CT molecular complexity index is 1000. The molecule has 0 unspecified atom stereocenters. The van der Waals surface area contributed by atoms with Gasteiger partial charge in [-0.3, -0.25) is 4.79 Å². The number of para-hydroxylation sites is 1. The highest BCUT2D eigenvalue weighted by atomic mass is 79.9. The molecular formula is C21H15Br2N3O. The van der Waals surface area contributed by atoms with Crippen molar-refractivity contribution in [3.8, 4) is 0 Å². The molecule has 0 saturated carbocycles. The highest BCUT2D eigenvalue weighted by molar-refractivity contribution is 9.10. The molecule has 1 aliphatic rings. The lowest BCUT2D eigenvalue weighted by Crippen LogP contribution is -2.39. The van der Waals surface area contributed by atoms with E-state index in [9.17, 15) is 4.79 Å². The fraction of sp³-hybridized carbons (Fsp3) is 0.0476. The summed E-state index contributed by atoms with van der Waals surface area (Å²) in [5, 5.41) is 9.43. The standard InChI is InChI=1S/C21H15Br2N3O/c22-16-9-5-14(6-10-16)13-24-26-20(15-7-11-17(23)12-8-15)25-19-4-2-1-3-18(19)21(26)27/h1-13,20,25H/b24-13-/t20-/m1/s1. The number of fused-ring (bicyclic) bond motifs is 1. The molecule has 4 nitrogen and oxygen atoms in total. The largest absolute Gasteiger partial charge is 0.359 e. The number of nitrogens with zero attached hydrogens (tertiary/aromatic N) is 2. The van der Waals surface area contributed by atoms with E-state index in [1.54, 1.807) is 6.21 Å². The molecule has 0 fully saturated rings. The normalized spacial score (nSPS) is 16.3. The van der Waals surface area contributed by atoms with Crippen molar-refractivity contribution in [3.63, 3.8) is 0 Å². The Hall–Kier alpha value is -2.44. The van der Waals surface area contributed by atoms with Crippen molar-refractivity contribution in [3.05, 3.63) is 98.4 Å². The molecule has 0 bridgehead atoms. The van der Waals surface area contributed by atoms with E-state index in [-0.39, 0.29) is 12.1 Å². The third-order valence-electron chi connectivity index (χ3n) is 4.29. The summed E-state index contributed by atoms with van der Waals surface area (Å²) in [6, 6.07) is 23.1. The van der Waals surface area contributed by atoms with Gasteiger partial charge in [0, 0.05) is 14.6 Å². The topological polar surface area (TPSA) is 44.7 Å². The van der Waals surface area contributed by atoms with Gasteiger partial charge < -0.3 is 5.32 Å². The molecule has 3 aromatic rings. The Morgan fingerprint density at radius 2 is 1.52 bits per heavy atom. The first-order valence-corrected chi connectivity index (χ1v) is 9.94. The first kappa shape index (κ1) is 17.9. The van der Waals surface area contributed by atoms with Crippen LogP contribution in [0.1, 0.15) is 27.7 Å². The van der Waals surface area contributed by atoms with Crippen molar-refractivity contribution in [2.24, 2.45) is 5.10 Å². The van der Waals surface area contributed by atoms with Gasteiger partial charge in [0.2, 0.25) is 0 Å². The van der Waals surface area contributed by atoms with Crippen LogP contribution in [-0.2, 0) is 0 Å². The summed E-state index contributed by atoms with van der Waals surface area (Å²) in [6.07, 6.45) is 1.32. The van der Waals surface area contributed by atoms with E-state index >= 15 is 0 Å². The number of anilines is 1. The number of benzene rings is 3. The summed E-state index contributed by atoms with van der Waals surface area (Å²) in [4.78, 5) is 13.1. The van der Waals surface area contributed by atoms with E-state index in [2.05, 4.69) is 42.3 Å². The molecule has 1 atom stereocenters. The van der Waals surface area contributed by atoms with Crippen LogP contribution in [0.2, 0.25) is 0 Å². The Morgan fingerprint density at radius 3 is 2.22 bits per heavy atom. The number of amides is 1. The second-order valence-corrected chi connectivity index (χ2v) is 7.92. The molecule has 1 amide bonds. The van der Waals surface area contributed by atoms with E-state index in [1.807, 2.05) is 72.8 Å². The van der Waals surface area contributed by atoms with E-state index < -0.39 is 0 Å². The van der Waals surface area contributed by atoms with Crippen molar-refractivity contribution in [1.29, 1.82) is 0 Å². The predicted octanol–water partition coefficient (Wildman–Crippen LogP) is 5.81. The lowest BCUT2D eigenvalue weighted by molar-refractivity contribution is 0.0691. The molecule has 0 radical (unpaired) electrons. The van der Waals surface area contributed by atoms with Crippen LogP contribution in [-0.4, -0.2) is 17.1 Å². The molecule has 27 heavy (non-hydrogen) atoms. The molecule has 0 saturated heterocycles. The zero-order valence-electron chi connectivity index (χ0n) is 14.1. The number of carbonyl (C=O) groups excluding carboxylic acids is 1. The summed E-state index contributed by atoms with van der Waals surface area (Å²) < 4.78 is 1.98. The van der Waals surface area contributed by atoms with Crippen molar-refractivity contribution in [1.82, 2.24) is 5.01 Å². The average molecular weight is 485 g/mol. The number of hydrogen-bond donors (Lipinski definition) is 1. The van der Waals surface area contributed by atoms with Crippen molar-refractivity contribution in [2.45, 2.75) is 6.17 Å². The highest BCUT2D eigenvalue weighted by Crippen LogP contribution is 2.33. The lowest BCUT2D eigenvalue weighted by atomic mass is 10.1. The van der Waals surface area contributed by atoms with Crippen LogP contribution >= 0.6 is 31.9 Å². The zero-order valence-corrected chi connectivity index (χ0v) is 17.3. The van der Waals surface area contributed by atoms with Gasteiger partial charge in [0.15, 0.2) is 6.17 Å². The maximum absolute atomic E-state index is 13.1. The van der Waals surface area contributed by atoms with Gasteiger partial charge in [-0.1, -0.05) is 68.3 Å². The molecule has 134 valence electrons. The molecule has 0 aliphatic carbocycles. The third kappa shape index (κ3) is 3.82. The minimum absolute atomic E-state index is 0.134. The van der Waals surface area contributed by atoms with Crippen molar-refractivity contribution in [2.75, 3.05) is 5.32 Å². The molecule has 4 rings (SSSR count). The van der Waals surface area contributed by atoms with Crippen LogP contribution in [0, 0.1) is 0 Å². The molecule has 0 spiro atoms. The monoisotopic (exact) mass is 483 g/mol. The fourth-order valence-corrected chi connectivity index (χ4v) is 3.44. The number of halogens is 2. The van der Waals surface area contributed by atoms with Crippen LogP contribution in [0.4, 0.5) is 5.69 Å². The van der Waals surface area contributed by atoms with Crippen LogP contribution < -0.4 is 5.32 Å². The fourth-order valence-electron chi connectivity index (χ4n) is 2.91. The van der Waals surface area contributed by atoms with Gasteiger partial charge in [-0.05, 0) is 47.5 Å². The van der Waals surface area contributed by atoms with Gasteiger partial charge in [0.05, 0.1) is 11.8 Å². The molecule has 1 heterocycles. The van der Waals surface area contributed by atoms with E-state index in [1.165, 1.54) is 5.01 Å². The first-order valence-electron chi connectivity index (χ1n) is 8.36. The second kappa shape index (κ2) is 7.66. The quantitative estimate of drug-likeness (QED) is 0.476. The van der Waals surface area contributed by atoms with Gasteiger partial charge in [-0.2, -0.15) is 5.10 Å². The van der Waals surface area contributed by atoms with E-state index in [4.69, 9.17) is 0 Å². The van der Waals surface area contributed by atoms with Crippen LogP contribution in [0.5, 0.6) is 0 Å². The molecule has 0 aromatic heterocycles. The minimum Gasteiger partial charge on any atom is -0.359 e. The lowest BCUT2D eigenvalue weighted by Gasteiger charge is -2.34. The van der Waals surface area contributed by atoms with Gasteiger partial charge in [-0.25, -0.2) is 5.01 Å². The molecule has 3 aromatic carbocycles. The van der Waals surface area contributed by atoms with Crippen LogP contribution in [0.3, 0.4) is 0 Å². The Balaban J connectivity index is 1.73. The van der Waals surface area contributed by atoms with E-state index in [0.717, 1.165) is 25.8 Å². The average Bonchev–Trinajstić information content (AvgIpc) is 2.69. The Morgan fingerprint density at radius 1 is 0.889 bits per heavy atom. The summed E-state index contributed by atoms with van der Waals surface area (Å²) in [5.41, 5.74) is 3.29. The SMILES string of the molecule is O=C1c2ccccc2N[C@@H](c2ccc(Br)cc2)N1/N=C\c1ccc(Br)cc1. The Kier molecular flexibility index (Phi) is 5.09. The molecule has 6 heteroatoms. The van der Waals surface area contributed by atoms with E-state index in [0.29, 0.717) is 5.56 Å². The Labute approximate surface area is 174 Å². The third-order valence-corrected chi connectivity index (χ3v) is 5.35. The molecule has 1 N–H and O–H groups in total. The minimum atomic E-state index is -0.382. The zero-order chi connectivity index (χ0) is 18.8. The number of carbonyl (C=O) groups is 1. The smallest absolute Gasteiger partial charge is 0.278 e. The number of hydrogen-bond acceptors (Lipinski definition) is 3. The van der Waals surface area contributed by atoms with Crippen LogP contribution in [0.25, 0.3) is 0 Å². The number of rotatable bonds is 3. The summed E-state index contributed by atoms with van der Waals surface area (Å²) >= 11 is 6.88. The van der Waals surface area contributed by atoms with Gasteiger partial charge in [0.1, 0.15) is 0 Å². The van der Waals surface area contributed by atoms with Crippen molar-refractivity contribution < 1.29 is 4.79 Å². The highest BCUT2D eigenvalue weighted by Gasteiger charge is 2.32. The van der Waals surface area contributed by atoms with Gasteiger partial charge in [0.25, 0.3) is 5.91 Å². The summed E-state index contributed by atoms with van der Waals surface area (Å²) in [7, 11) is 0. The van der Waals surface area contributed by atoms with Gasteiger partial charge >= 0.3 is 0 Å². The van der Waals surface area contributed by atoms with Crippen LogP contribution in [0.15, 0.2) is 86.8 Å². The number of hydrazone groups is 1. The maximum atomic E-state index is 13.1. The summed E-state index contributed by atoms with van der Waals surface area (Å²) in [5.74, 6) is -0.134. The first-order chi connectivity index (χ1) is 13.1. The molecule has 1 aliphatic heterocycles. The second-order valence-electron chi connectivity index (χ2n) is 6.09. The number of nitrogens with one attached hydrogen (secondary N) is 1.